The molecule has 4 heteroatoms. The van der Waals surface area contributed by atoms with Gasteiger partial charge < -0.3 is 4.74 Å². The first-order valence-corrected chi connectivity index (χ1v) is 7.20. The molecule has 0 bridgehead atoms. The lowest BCUT2D eigenvalue weighted by atomic mass is 9.90. The van der Waals surface area contributed by atoms with E-state index in [1.54, 1.807) is 0 Å². The highest BCUT2D eigenvalue weighted by Crippen LogP contribution is 2.25. The number of nitrogens with two attached hydrogens (primary N) is 1. The Bertz CT molecular complexity index is 587. The third kappa shape index (κ3) is 2.68. The normalized spacial score (nSPS) is 24.1. The van der Waals surface area contributed by atoms with Crippen molar-refractivity contribution in [2.45, 2.75) is 31.9 Å². The SMILES string of the molecule is CC1OCCC1C(Cc1ccc2ccccc2n1)NN. The van der Waals surface area contributed by atoms with Gasteiger partial charge in [-0.15, -0.1) is 0 Å². The first-order chi connectivity index (χ1) is 9.78. The van der Waals surface area contributed by atoms with Gasteiger partial charge in [-0.25, -0.2) is 0 Å². The number of hydrogen-bond acceptors (Lipinski definition) is 4. The van der Waals surface area contributed by atoms with Gasteiger partial charge in [-0.3, -0.25) is 16.3 Å². The molecule has 1 saturated heterocycles. The van der Waals surface area contributed by atoms with Crippen LogP contribution in [0.2, 0.25) is 0 Å². The van der Waals surface area contributed by atoms with Crippen molar-refractivity contribution in [3.05, 3.63) is 42.1 Å². The zero-order chi connectivity index (χ0) is 13.9. The van der Waals surface area contributed by atoms with Gasteiger partial charge >= 0.3 is 0 Å². The Morgan fingerprint density at radius 3 is 2.95 bits per heavy atom. The molecule has 0 saturated carbocycles. The van der Waals surface area contributed by atoms with Gasteiger partial charge in [0.25, 0.3) is 0 Å². The van der Waals surface area contributed by atoms with E-state index < -0.39 is 0 Å². The van der Waals surface area contributed by atoms with Crippen molar-refractivity contribution in [2.75, 3.05) is 6.61 Å². The second kappa shape index (κ2) is 5.87. The van der Waals surface area contributed by atoms with E-state index >= 15 is 0 Å². The lowest BCUT2D eigenvalue weighted by Gasteiger charge is -2.24. The number of fused-ring (bicyclic) bond motifs is 1. The van der Waals surface area contributed by atoms with Crippen molar-refractivity contribution in [3.63, 3.8) is 0 Å². The van der Waals surface area contributed by atoms with Gasteiger partial charge in [0.1, 0.15) is 0 Å². The molecule has 1 aromatic heterocycles. The summed E-state index contributed by atoms with van der Waals surface area (Å²) in [7, 11) is 0. The molecule has 0 amide bonds. The maximum absolute atomic E-state index is 5.74. The highest BCUT2D eigenvalue weighted by molar-refractivity contribution is 5.78. The molecule has 3 rings (SSSR count). The highest BCUT2D eigenvalue weighted by Gasteiger charge is 2.31. The molecule has 2 heterocycles. The predicted molar refractivity (Wildman–Crippen MR) is 80.1 cm³/mol. The molecular weight excluding hydrogens is 250 g/mol. The summed E-state index contributed by atoms with van der Waals surface area (Å²) in [5, 5.41) is 1.17. The van der Waals surface area contributed by atoms with E-state index in [0.717, 1.165) is 30.7 Å². The predicted octanol–water partition coefficient (Wildman–Crippen LogP) is 2.03. The Morgan fingerprint density at radius 1 is 1.35 bits per heavy atom. The second-order valence-corrected chi connectivity index (χ2v) is 5.50. The number of para-hydroxylation sites is 1. The number of aromatic nitrogens is 1. The van der Waals surface area contributed by atoms with Crippen LogP contribution in [0.4, 0.5) is 0 Å². The summed E-state index contributed by atoms with van der Waals surface area (Å²) < 4.78 is 5.64. The average Bonchev–Trinajstić information content (AvgIpc) is 2.91. The second-order valence-electron chi connectivity index (χ2n) is 5.50. The smallest absolute Gasteiger partial charge is 0.0705 e. The molecule has 4 nitrogen and oxygen atoms in total. The summed E-state index contributed by atoms with van der Waals surface area (Å²) >= 11 is 0. The molecule has 3 unspecified atom stereocenters. The van der Waals surface area contributed by atoms with Crippen molar-refractivity contribution in [1.82, 2.24) is 10.4 Å². The Balaban J connectivity index is 1.80. The number of hydrogen-bond donors (Lipinski definition) is 2. The van der Waals surface area contributed by atoms with Gasteiger partial charge in [0, 0.05) is 36.1 Å². The molecule has 2 aromatic rings. The lowest BCUT2D eigenvalue weighted by molar-refractivity contribution is 0.0953. The van der Waals surface area contributed by atoms with E-state index in [2.05, 4.69) is 30.5 Å². The van der Waals surface area contributed by atoms with Gasteiger partial charge in [-0.2, -0.15) is 0 Å². The zero-order valence-electron chi connectivity index (χ0n) is 11.8. The summed E-state index contributed by atoms with van der Waals surface area (Å²) in [6, 6.07) is 12.6. The first kappa shape index (κ1) is 13.5. The Morgan fingerprint density at radius 2 is 2.20 bits per heavy atom. The minimum atomic E-state index is 0.209. The monoisotopic (exact) mass is 271 g/mol. The quantitative estimate of drug-likeness (QED) is 0.660. The van der Waals surface area contributed by atoms with Crippen LogP contribution in [-0.2, 0) is 11.2 Å². The third-order valence-corrected chi connectivity index (χ3v) is 4.25. The van der Waals surface area contributed by atoms with E-state index in [-0.39, 0.29) is 12.1 Å². The van der Waals surface area contributed by atoms with Crippen LogP contribution in [0.3, 0.4) is 0 Å². The molecular formula is C16H21N3O. The number of pyridine rings is 1. The first-order valence-electron chi connectivity index (χ1n) is 7.20. The van der Waals surface area contributed by atoms with Crippen LogP contribution < -0.4 is 11.3 Å². The topological polar surface area (TPSA) is 60.2 Å². The van der Waals surface area contributed by atoms with Crippen molar-refractivity contribution >= 4 is 10.9 Å². The number of nitrogens with one attached hydrogen (secondary N) is 1. The minimum Gasteiger partial charge on any atom is -0.378 e. The summed E-state index contributed by atoms with van der Waals surface area (Å²) in [6.07, 6.45) is 2.15. The molecule has 0 spiro atoms. The number of rotatable bonds is 4. The summed E-state index contributed by atoms with van der Waals surface area (Å²) in [4.78, 5) is 4.72. The summed E-state index contributed by atoms with van der Waals surface area (Å²) in [6.45, 7) is 2.95. The van der Waals surface area contributed by atoms with Crippen LogP contribution in [0, 0.1) is 5.92 Å². The van der Waals surface area contributed by atoms with E-state index in [1.807, 2.05) is 18.2 Å². The van der Waals surface area contributed by atoms with Crippen LogP contribution in [0.25, 0.3) is 10.9 Å². The standard InChI is InChI=1S/C16H21N3O/c1-11-14(8-9-20-11)16(19-17)10-13-7-6-12-4-2-3-5-15(12)18-13/h2-7,11,14,16,19H,8-10,17H2,1H3. The molecule has 1 aliphatic heterocycles. The largest absolute Gasteiger partial charge is 0.378 e. The fourth-order valence-corrected chi connectivity index (χ4v) is 3.06. The van der Waals surface area contributed by atoms with E-state index in [4.69, 9.17) is 15.6 Å². The number of ether oxygens (including phenoxy) is 1. The van der Waals surface area contributed by atoms with E-state index in [1.165, 1.54) is 5.39 Å². The number of hydrazine groups is 1. The van der Waals surface area contributed by atoms with Crippen LogP contribution in [0.5, 0.6) is 0 Å². The molecule has 20 heavy (non-hydrogen) atoms. The zero-order valence-corrected chi connectivity index (χ0v) is 11.8. The average molecular weight is 271 g/mol. The van der Waals surface area contributed by atoms with Crippen LogP contribution in [0.1, 0.15) is 19.0 Å². The van der Waals surface area contributed by atoms with Crippen molar-refractivity contribution < 1.29 is 4.74 Å². The number of benzene rings is 1. The van der Waals surface area contributed by atoms with Gasteiger partial charge in [-0.05, 0) is 25.5 Å². The van der Waals surface area contributed by atoms with Gasteiger partial charge in [0.15, 0.2) is 0 Å². The fourth-order valence-electron chi connectivity index (χ4n) is 3.06. The summed E-state index contributed by atoms with van der Waals surface area (Å²) in [5.74, 6) is 6.19. The molecule has 0 radical (unpaired) electrons. The Hall–Kier alpha value is -1.49. The van der Waals surface area contributed by atoms with E-state index in [0.29, 0.717) is 5.92 Å². The summed E-state index contributed by atoms with van der Waals surface area (Å²) in [5.41, 5.74) is 5.06. The van der Waals surface area contributed by atoms with E-state index in [9.17, 15) is 0 Å². The van der Waals surface area contributed by atoms with Crippen molar-refractivity contribution in [3.8, 4) is 0 Å². The minimum absolute atomic E-state index is 0.209. The molecule has 1 aliphatic rings. The van der Waals surface area contributed by atoms with Crippen LogP contribution in [-0.4, -0.2) is 23.7 Å². The fraction of sp³-hybridized carbons (Fsp3) is 0.438. The molecule has 1 aromatic carbocycles. The van der Waals surface area contributed by atoms with Crippen molar-refractivity contribution in [1.29, 1.82) is 0 Å². The molecule has 3 atom stereocenters. The Kier molecular flexibility index (Phi) is 3.96. The van der Waals surface area contributed by atoms with Gasteiger partial charge in [-0.1, -0.05) is 24.3 Å². The van der Waals surface area contributed by atoms with Gasteiger partial charge in [0.05, 0.1) is 11.6 Å². The molecule has 1 fully saturated rings. The Labute approximate surface area is 119 Å². The number of nitrogens with zero attached hydrogens (tertiary/aromatic N) is 1. The van der Waals surface area contributed by atoms with Crippen molar-refractivity contribution in [2.24, 2.45) is 11.8 Å². The third-order valence-electron chi connectivity index (χ3n) is 4.25. The molecule has 3 N–H and O–H groups in total. The molecule has 0 aliphatic carbocycles. The highest BCUT2D eigenvalue weighted by atomic mass is 16.5. The maximum atomic E-state index is 5.74. The van der Waals surface area contributed by atoms with Gasteiger partial charge in [0.2, 0.25) is 0 Å². The van der Waals surface area contributed by atoms with Crippen LogP contribution in [0.15, 0.2) is 36.4 Å². The van der Waals surface area contributed by atoms with Crippen LogP contribution >= 0.6 is 0 Å². The lowest BCUT2D eigenvalue weighted by Crippen LogP contribution is -2.44. The maximum Gasteiger partial charge on any atom is 0.0705 e. The molecule has 106 valence electrons.